The number of carbonyl (C=O) groups excluding carboxylic acids is 14. The number of aliphatic hydroxyl groups excluding tert-OH is 1. The number of ether oxygens (including phenoxy) is 3. The first kappa shape index (κ1) is 91.0. The third-order valence-corrected chi connectivity index (χ3v) is 22.6. The van der Waals surface area contributed by atoms with Crippen molar-refractivity contribution in [1.82, 2.24) is 51.2 Å². The molecule has 4 fully saturated rings. The van der Waals surface area contributed by atoms with Crippen LogP contribution in [0.1, 0.15) is 170 Å². The molecule has 1 aliphatic carbocycles. The lowest BCUT2D eigenvalue weighted by atomic mass is 9.89. The number of nitrogens with zero attached hydrogens (tertiary/aromatic N) is 5. The van der Waals surface area contributed by atoms with E-state index in [1.807, 2.05) is 13.8 Å². The van der Waals surface area contributed by atoms with Crippen LogP contribution >= 0.6 is 11.8 Å². The maximum atomic E-state index is 14.8. The van der Waals surface area contributed by atoms with Gasteiger partial charge in [0.15, 0.2) is 0 Å². The molecule has 3 heterocycles. The number of amides is 14. The van der Waals surface area contributed by atoms with Crippen LogP contribution in [0.25, 0.3) is 0 Å². The van der Waals surface area contributed by atoms with Crippen molar-refractivity contribution in [2.24, 2.45) is 40.7 Å². The monoisotopic (exact) mass is 1580 g/mol. The number of likely N-dealkylation sites (N-methyl/N-ethyl adjacent to an activating group) is 2. The van der Waals surface area contributed by atoms with Gasteiger partial charge in [0.05, 0.1) is 54.4 Å². The Hall–Kier alpha value is -8.89. The number of urea groups is 1. The maximum Gasteiger partial charge on any atom is 0.410 e. The number of nitrogens with two attached hydrogens (primary N) is 1. The lowest BCUT2D eigenvalue weighted by Crippen LogP contribution is -2.60. The Kier molecular flexibility index (Phi) is 35.0. The Morgan fingerprint density at radius 1 is 0.739 bits per heavy atom. The molecule has 0 aromatic heterocycles. The van der Waals surface area contributed by atoms with Crippen molar-refractivity contribution in [3.8, 4) is 0 Å². The van der Waals surface area contributed by atoms with Crippen LogP contribution in [-0.4, -0.2) is 233 Å². The number of aliphatic hydroxyl groups is 1. The molecule has 14 amide bonds. The summed E-state index contributed by atoms with van der Waals surface area (Å²) in [4.78, 5) is 197. The van der Waals surface area contributed by atoms with E-state index in [9.17, 15) is 81.0 Å². The lowest BCUT2D eigenvalue weighted by molar-refractivity contribution is -0.198. The number of nitrogens with one attached hydrogen (secondary N) is 6. The Balaban J connectivity index is 0.983. The Labute approximate surface area is 652 Å². The molecule has 616 valence electrons. The highest BCUT2D eigenvalue weighted by atomic mass is 32.2. The summed E-state index contributed by atoms with van der Waals surface area (Å²) in [6.07, 6.45) is -0.593. The van der Waals surface area contributed by atoms with Crippen molar-refractivity contribution in [1.29, 1.82) is 0 Å². The average molecular weight is 1580 g/mol. The summed E-state index contributed by atoms with van der Waals surface area (Å²) < 4.78 is 46.2. The first-order chi connectivity index (χ1) is 52.5. The standard InChI is InChI=1S/C77H114F2N12O19S/c1-14-46(8)67(56(107-12)37-61(96)90-40-50(92)36-55(90)68(108-13)47(9)69(99)81-34-30-51-52(78)20-18-21-53(51)79)87(10)74(104)65(44(4)5)86-72(102)66(45(6)7)88(11)76(106)109-41-48-24-26-49(27-25-48)83-70(100)54(22-19-33-82-75(80)105)84-71(101)64(43(2)3)85-58(93)23-16-15-17-35-89-62(97)38-57(73(89)103)111-42-77(31-32-77)39-63(98)110-91-59(94)28-29-60(91)95/h18,20-21,24-27,43-47,50,54-57,64-68,92H,14-17,19,22-23,28-42H2,1-13H3,(H,81,99)(H,83,100)(H,84,101)(H,85,93)(H,86,102)(H3,80,82,105)/t46-,47+,50-,54-,55-,56+,57?,64-,65-,66-,67?,68+/m0/s1. The van der Waals surface area contributed by atoms with Crippen molar-refractivity contribution in [3.05, 3.63) is 65.2 Å². The first-order valence-corrected chi connectivity index (χ1v) is 39.3. The minimum absolute atomic E-state index is 0.000445. The molecule has 31 nitrogen and oxygen atoms in total. The van der Waals surface area contributed by atoms with E-state index in [4.69, 9.17) is 24.8 Å². The van der Waals surface area contributed by atoms with Gasteiger partial charge in [-0.2, -0.15) is 0 Å². The second-order valence-electron chi connectivity index (χ2n) is 30.5. The van der Waals surface area contributed by atoms with Gasteiger partial charge in [-0.1, -0.05) is 93.4 Å². The molecular weight excluding hydrogens is 1470 g/mol. The van der Waals surface area contributed by atoms with Crippen molar-refractivity contribution in [3.63, 3.8) is 0 Å². The second kappa shape index (κ2) is 42.7. The predicted octanol–water partition coefficient (Wildman–Crippen LogP) is 5.16. The minimum atomic E-state index is -1.17. The van der Waals surface area contributed by atoms with E-state index in [0.29, 0.717) is 60.6 Å². The predicted molar refractivity (Wildman–Crippen MR) is 404 cm³/mol. The van der Waals surface area contributed by atoms with Crippen LogP contribution in [0.15, 0.2) is 42.5 Å². The zero-order valence-electron chi connectivity index (χ0n) is 66.0. The molecule has 12 atom stereocenters. The molecule has 2 unspecified atom stereocenters. The number of primary amides is 1. The number of halogens is 2. The van der Waals surface area contributed by atoms with E-state index in [2.05, 4.69) is 31.9 Å². The molecule has 3 saturated heterocycles. The molecule has 2 aromatic carbocycles. The number of benzene rings is 2. The molecular formula is C77H114F2N12O19S. The summed E-state index contributed by atoms with van der Waals surface area (Å²) in [5, 5.41) is 27.2. The van der Waals surface area contributed by atoms with Crippen LogP contribution in [0.2, 0.25) is 0 Å². The van der Waals surface area contributed by atoms with Crippen molar-refractivity contribution in [2.75, 3.05) is 65.6 Å². The molecule has 2 aromatic rings. The van der Waals surface area contributed by atoms with E-state index in [0.717, 1.165) is 17.0 Å². The highest BCUT2D eigenvalue weighted by molar-refractivity contribution is 8.00. The van der Waals surface area contributed by atoms with Gasteiger partial charge in [-0.05, 0) is 110 Å². The van der Waals surface area contributed by atoms with E-state index >= 15 is 0 Å². The zero-order chi connectivity index (χ0) is 82.3. The van der Waals surface area contributed by atoms with Gasteiger partial charge in [0.2, 0.25) is 53.2 Å². The minimum Gasteiger partial charge on any atom is -0.445 e. The normalized spacial score (nSPS) is 19.2. The molecule has 0 bridgehead atoms. The number of hydroxylamine groups is 2. The summed E-state index contributed by atoms with van der Waals surface area (Å²) >= 11 is 1.29. The number of hydrogen-bond acceptors (Lipinski definition) is 20. The van der Waals surface area contributed by atoms with Gasteiger partial charge in [0.25, 0.3) is 11.8 Å². The second-order valence-corrected chi connectivity index (χ2v) is 31.7. The average Bonchev–Trinajstić information content (AvgIpc) is 1.25. The fourth-order valence-electron chi connectivity index (χ4n) is 14.2. The quantitative estimate of drug-likeness (QED) is 0.0314. The van der Waals surface area contributed by atoms with Crippen LogP contribution in [0.4, 0.5) is 24.1 Å². The van der Waals surface area contributed by atoms with Gasteiger partial charge in [0.1, 0.15) is 42.4 Å². The number of carbonyl (C=O) groups is 14. The molecule has 0 radical (unpaired) electrons. The number of imide groups is 2. The number of rotatable bonds is 44. The van der Waals surface area contributed by atoms with Gasteiger partial charge >= 0.3 is 18.1 Å². The fraction of sp³-hybridized carbons (Fsp3) is 0.662. The summed E-state index contributed by atoms with van der Waals surface area (Å²) in [5.74, 6) is -9.97. The number of hydrogen-bond donors (Lipinski definition) is 8. The van der Waals surface area contributed by atoms with E-state index in [1.165, 1.54) is 53.8 Å². The van der Waals surface area contributed by atoms with Crippen LogP contribution in [-0.2, 0) is 89.6 Å². The molecule has 111 heavy (non-hydrogen) atoms. The molecule has 6 rings (SSSR count). The summed E-state index contributed by atoms with van der Waals surface area (Å²) in [6, 6.07) is 2.95. The molecule has 34 heteroatoms. The van der Waals surface area contributed by atoms with Crippen molar-refractivity contribution < 1.29 is 100 Å². The van der Waals surface area contributed by atoms with Crippen LogP contribution in [0.3, 0.4) is 0 Å². The molecule has 1 saturated carbocycles. The number of β-amino-alcohol motifs (C(OH)–C–C–N with tert-alkyl or cyclic N) is 1. The van der Waals surface area contributed by atoms with Crippen LogP contribution in [0.5, 0.6) is 0 Å². The molecule has 9 N–H and O–H groups in total. The van der Waals surface area contributed by atoms with E-state index < -0.39 is 172 Å². The van der Waals surface area contributed by atoms with Gasteiger partial charge < -0.3 is 71.6 Å². The Morgan fingerprint density at radius 3 is 1.97 bits per heavy atom. The van der Waals surface area contributed by atoms with E-state index in [-0.39, 0.29) is 120 Å². The largest absolute Gasteiger partial charge is 0.445 e. The summed E-state index contributed by atoms with van der Waals surface area (Å²) in [6.45, 7) is 15.6. The molecule has 4 aliphatic rings. The SMILES string of the molecule is CC[C@H](C)C([C@@H](CC(=O)N1C[C@@H](O)C[C@H]1[C@H](OC)[C@@H](C)C(=O)NCCc1c(F)cccc1F)OC)N(C)C(=O)[C@@H](NC(=O)[C@H](C(C)C)N(C)C(=O)OCc1ccc(NC(=O)[C@H](CCCNC(N)=O)NC(=O)[C@@H](NC(=O)CCCCCN2C(=O)CC(SCC3(CC(=O)ON4C(=O)CCC4=O)CC3)C2=O)C(C)C)cc1)C(C)C. The zero-order valence-corrected chi connectivity index (χ0v) is 66.8. The van der Waals surface area contributed by atoms with Crippen molar-refractivity contribution in [2.45, 2.75) is 231 Å². The molecule has 3 aliphatic heterocycles. The Morgan fingerprint density at radius 2 is 1.39 bits per heavy atom. The topological polar surface area (TPSA) is 411 Å². The summed E-state index contributed by atoms with van der Waals surface area (Å²) in [7, 11) is 5.77. The molecule has 0 spiro atoms. The Bertz CT molecular complexity index is 3590. The highest BCUT2D eigenvalue weighted by Crippen LogP contribution is 2.52. The third kappa shape index (κ3) is 25.8. The smallest absolute Gasteiger partial charge is 0.410 e. The van der Waals surface area contributed by atoms with Gasteiger partial charge in [-0.3, -0.25) is 62.5 Å². The number of methoxy groups -OCH3 is 2. The number of likely N-dealkylation sites (tertiary alicyclic amines) is 2. The van der Waals surface area contributed by atoms with Crippen LogP contribution < -0.4 is 37.6 Å². The van der Waals surface area contributed by atoms with E-state index in [1.54, 1.807) is 79.8 Å². The number of unbranched alkanes of at least 4 members (excludes halogenated alkanes) is 2. The van der Waals surface area contributed by atoms with Gasteiger partial charge in [-0.25, -0.2) is 23.2 Å². The first-order valence-electron chi connectivity index (χ1n) is 38.2. The highest BCUT2D eigenvalue weighted by Gasteiger charge is 2.50. The maximum absolute atomic E-state index is 14.8. The van der Waals surface area contributed by atoms with Crippen molar-refractivity contribution >= 4 is 101 Å². The lowest BCUT2D eigenvalue weighted by Gasteiger charge is -2.41. The number of anilines is 1. The van der Waals surface area contributed by atoms with Gasteiger partial charge in [0, 0.05) is 97.2 Å². The van der Waals surface area contributed by atoms with Gasteiger partial charge in [-0.15, -0.1) is 16.8 Å². The fourth-order valence-corrected chi connectivity index (χ4v) is 15.7. The number of thioether (sulfide) groups is 1. The summed E-state index contributed by atoms with van der Waals surface area (Å²) in [5.41, 5.74) is 5.42. The third-order valence-electron chi connectivity index (χ3n) is 21.1. The van der Waals surface area contributed by atoms with Crippen LogP contribution in [0, 0.1) is 46.6 Å².